The molecule has 2 aromatic rings. The number of nitrogens with zero attached hydrogens (tertiary/aromatic N) is 2. The Bertz CT molecular complexity index is 593. The van der Waals surface area contributed by atoms with Crippen molar-refractivity contribution in [3.8, 4) is 11.3 Å². The van der Waals surface area contributed by atoms with E-state index in [0.29, 0.717) is 21.3 Å². The molecule has 0 saturated carbocycles. The summed E-state index contributed by atoms with van der Waals surface area (Å²) in [5.41, 5.74) is 1.76. The number of hydrogen-bond donors (Lipinski definition) is 0. The first-order chi connectivity index (χ1) is 8.52. The molecule has 1 heterocycles. The first kappa shape index (κ1) is 13.0. The molecule has 0 spiro atoms. The van der Waals surface area contributed by atoms with Crippen LogP contribution < -0.4 is 0 Å². The predicted molar refractivity (Wildman–Crippen MR) is 71.1 cm³/mol. The molecule has 2 rings (SSSR count). The van der Waals surface area contributed by atoms with Gasteiger partial charge in [0, 0.05) is 22.3 Å². The molecule has 0 bridgehead atoms. The Kier molecular flexibility index (Phi) is 3.61. The van der Waals surface area contributed by atoms with Crippen molar-refractivity contribution in [3.05, 3.63) is 40.2 Å². The molecule has 0 amide bonds. The second kappa shape index (κ2) is 5.02. The van der Waals surface area contributed by atoms with E-state index >= 15 is 0 Å². The summed E-state index contributed by atoms with van der Waals surface area (Å²) < 4.78 is 15.4. The normalized spacial score (nSPS) is 10.9. The molecule has 1 aromatic heterocycles. The highest BCUT2D eigenvalue weighted by molar-refractivity contribution is 9.10. The van der Waals surface area contributed by atoms with Crippen molar-refractivity contribution in [1.29, 1.82) is 0 Å². The van der Waals surface area contributed by atoms with E-state index in [4.69, 9.17) is 0 Å². The quantitative estimate of drug-likeness (QED) is 0.807. The van der Waals surface area contributed by atoms with E-state index < -0.39 is 0 Å². The minimum absolute atomic E-state index is 0.164. The lowest BCUT2D eigenvalue weighted by Crippen LogP contribution is -2.00. The van der Waals surface area contributed by atoms with Gasteiger partial charge in [0.1, 0.15) is 11.5 Å². The Morgan fingerprint density at radius 3 is 2.72 bits per heavy atom. The van der Waals surface area contributed by atoms with Crippen molar-refractivity contribution in [2.24, 2.45) is 0 Å². The van der Waals surface area contributed by atoms with Crippen LogP contribution >= 0.6 is 15.9 Å². The van der Waals surface area contributed by atoms with Crippen molar-refractivity contribution >= 4 is 22.2 Å². The van der Waals surface area contributed by atoms with Crippen LogP contribution in [0, 0.1) is 5.82 Å². The van der Waals surface area contributed by atoms with Gasteiger partial charge in [-0.1, -0.05) is 0 Å². The molecular formula is C13H12BrFN2O. The van der Waals surface area contributed by atoms with Crippen LogP contribution in [0.25, 0.3) is 11.3 Å². The molecule has 5 heteroatoms. The average molecular weight is 311 g/mol. The summed E-state index contributed by atoms with van der Waals surface area (Å²) in [6, 6.07) is 4.48. The van der Waals surface area contributed by atoms with Gasteiger partial charge in [0.2, 0.25) is 0 Å². The third-order valence-electron chi connectivity index (χ3n) is 2.60. The van der Waals surface area contributed by atoms with Gasteiger partial charge in [0.25, 0.3) is 0 Å². The molecule has 0 N–H and O–H groups in total. The zero-order valence-electron chi connectivity index (χ0n) is 10.0. The Labute approximate surface area is 113 Å². The second-order valence-corrected chi connectivity index (χ2v) is 5.10. The first-order valence-corrected chi connectivity index (χ1v) is 6.32. The van der Waals surface area contributed by atoms with Crippen LogP contribution in [-0.2, 0) is 0 Å². The van der Waals surface area contributed by atoms with Crippen molar-refractivity contribution in [2.45, 2.75) is 19.9 Å². The van der Waals surface area contributed by atoms with E-state index in [1.807, 2.05) is 13.8 Å². The lowest BCUT2D eigenvalue weighted by molar-refractivity contribution is 0.112. The summed E-state index contributed by atoms with van der Waals surface area (Å²) in [4.78, 5) is 11.1. The molecule has 0 aliphatic rings. The number of aldehydes is 1. The van der Waals surface area contributed by atoms with Gasteiger partial charge in [-0.25, -0.2) is 4.39 Å². The van der Waals surface area contributed by atoms with Crippen molar-refractivity contribution in [2.75, 3.05) is 0 Å². The molecular weight excluding hydrogens is 299 g/mol. The smallest absolute Gasteiger partial charge is 0.153 e. The van der Waals surface area contributed by atoms with Crippen LogP contribution in [0.2, 0.25) is 0 Å². The summed E-state index contributed by atoms with van der Waals surface area (Å²) in [6.07, 6.45) is 2.46. The number of rotatable bonds is 3. The Hall–Kier alpha value is -1.49. The van der Waals surface area contributed by atoms with Gasteiger partial charge in [-0.3, -0.25) is 9.48 Å². The summed E-state index contributed by atoms with van der Waals surface area (Å²) in [7, 11) is 0. The van der Waals surface area contributed by atoms with Gasteiger partial charge in [0.15, 0.2) is 6.29 Å². The topological polar surface area (TPSA) is 34.9 Å². The molecule has 3 nitrogen and oxygen atoms in total. The molecule has 18 heavy (non-hydrogen) atoms. The van der Waals surface area contributed by atoms with Crippen LogP contribution in [0.5, 0.6) is 0 Å². The highest BCUT2D eigenvalue weighted by Crippen LogP contribution is 2.30. The minimum atomic E-state index is -0.332. The lowest BCUT2D eigenvalue weighted by atomic mass is 10.1. The maximum atomic E-state index is 13.1. The van der Waals surface area contributed by atoms with Crippen molar-refractivity contribution in [3.63, 3.8) is 0 Å². The highest BCUT2D eigenvalue weighted by atomic mass is 79.9. The largest absolute Gasteiger partial charge is 0.298 e. The number of aromatic nitrogens is 2. The molecule has 0 radical (unpaired) electrons. The average Bonchev–Trinajstić information content (AvgIpc) is 2.73. The fourth-order valence-electron chi connectivity index (χ4n) is 1.65. The molecule has 0 atom stereocenters. The number of hydrogen-bond acceptors (Lipinski definition) is 2. The van der Waals surface area contributed by atoms with Crippen molar-refractivity contribution < 1.29 is 9.18 Å². The summed E-state index contributed by atoms with van der Waals surface area (Å²) in [5.74, 6) is -0.332. The van der Waals surface area contributed by atoms with Crippen LogP contribution in [0.3, 0.4) is 0 Å². The van der Waals surface area contributed by atoms with E-state index in [9.17, 15) is 9.18 Å². The second-order valence-electron chi connectivity index (χ2n) is 4.25. The summed E-state index contributed by atoms with van der Waals surface area (Å²) in [5, 5.41) is 4.37. The van der Waals surface area contributed by atoms with E-state index in [0.717, 1.165) is 6.29 Å². The Morgan fingerprint density at radius 2 is 2.17 bits per heavy atom. The number of halogens is 2. The van der Waals surface area contributed by atoms with Crippen LogP contribution in [0.1, 0.15) is 30.2 Å². The van der Waals surface area contributed by atoms with Gasteiger partial charge >= 0.3 is 0 Å². The Morgan fingerprint density at radius 1 is 1.44 bits per heavy atom. The maximum absolute atomic E-state index is 13.1. The van der Waals surface area contributed by atoms with Gasteiger partial charge in [-0.2, -0.15) is 5.10 Å². The molecule has 0 aliphatic carbocycles. The van der Waals surface area contributed by atoms with Gasteiger partial charge in [0.05, 0.1) is 5.56 Å². The third-order valence-corrected chi connectivity index (χ3v) is 3.26. The fourth-order valence-corrected chi connectivity index (χ4v) is 2.19. The van der Waals surface area contributed by atoms with E-state index in [1.54, 1.807) is 16.9 Å². The monoisotopic (exact) mass is 310 g/mol. The fraction of sp³-hybridized carbons (Fsp3) is 0.231. The van der Waals surface area contributed by atoms with Crippen LogP contribution in [-0.4, -0.2) is 16.1 Å². The van der Waals surface area contributed by atoms with E-state index in [1.165, 1.54) is 12.1 Å². The SMILES string of the molecule is CC(C)n1cc(C=O)c(-c2ccc(F)cc2Br)n1. The minimum Gasteiger partial charge on any atom is -0.298 e. The van der Waals surface area contributed by atoms with Gasteiger partial charge in [-0.05, 0) is 48.0 Å². The molecule has 0 saturated heterocycles. The third kappa shape index (κ3) is 2.36. The van der Waals surface area contributed by atoms with Crippen LogP contribution in [0.4, 0.5) is 4.39 Å². The standard InChI is InChI=1S/C13H12BrFN2O/c1-8(2)17-6-9(7-18)13(16-17)11-4-3-10(15)5-12(11)14/h3-8H,1-2H3. The van der Waals surface area contributed by atoms with E-state index in [-0.39, 0.29) is 11.9 Å². The van der Waals surface area contributed by atoms with E-state index in [2.05, 4.69) is 21.0 Å². The summed E-state index contributed by atoms with van der Waals surface area (Å²) >= 11 is 3.29. The highest BCUT2D eigenvalue weighted by Gasteiger charge is 2.14. The number of carbonyl (C=O) groups is 1. The van der Waals surface area contributed by atoms with Crippen LogP contribution in [0.15, 0.2) is 28.9 Å². The number of carbonyl (C=O) groups excluding carboxylic acids is 1. The van der Waals surface area contributed by atoms with Crippen molar-refractivity contribution in [1.82, 2.24) is 9.78 Å². The zero-order chi connectivity index (χ0) is 13.3. The maximum Gasteiger partial charge on any atom is 0.153 e. The predicted octanol–water partition coefficient (Wildman–Crippen LogP) is 3.85. The first-order valence-electron chi connectivity index (χ1n) is 5.52. The molecule has 1 aromatic carbocycles. The molecule has 94 valence electrons. The summed E-state index contributed by atoms with van der Waals surface area (Å²) in [6.45, 7) is 3.95. The lowest BCUT2D eigenvalue weighted by Gasteiger charge is -2.04. The Balaban J connectivity index is 2.59. The van der Waals surface area contributed by atoms with Gasteiger partial charge < -0.3 is 0 Å². The number of benzene rings is 1. The molecule has 0 fully saturated rings. The van der Waals surface area contributed by atoms with Gasteiger partial charge in [-0.15, -0.1) is 0 Å². The zero-order valence-corrected chi connectivity index (χ0v) is 11.6. The molecule has 0 unspecified atom stereocenters. The molecule has 0 aliphatic heterocycles.